The monoisotopic (exact) mass is 320 g/mol. The summed E-state index contributed by atoms with van der Waals surface area (Å²) in [5.74, 6) is 0. The summed E-state index contributed by atoms with van der Waals surface area (Å²) in [6.07, 6.45) is 0.331. The first kappa shape index (κ1) is 15.9. The van der Waals surface area contributed by atoms with Gasteiger partial charge in [0.25, 0.3) is 0 Å². The lowest BCUT2D eigenvalue weighted by atomic mass is 10.0. The van der Waals surface area contributed by atoms with Crippen LogP contribution in [0.3, 0.4) is 0 Å². The van der Waals surface area contributed by atoms with Crippen LogP contribution in [0.2, 0.25) is 0 Å². The maximum atomic E-state index is 10.9. The predicted molar refractivity (Wildman–Crippen MR) is 97.6 cm³/mol. The van der Waals surface area contributed by atoms with Crippen molar-refractivity contribution in [1.82, 2.24) is 0 Å². The Morgan fingerprint density at radius 3 is 1.83 bits per heavy atom. The van der Waals surface area contributed by atoms with Gasteiger partial charge in [0.15, 0.2) is 0 Å². The number of thioether (sulfide) groups is 1. The molecule has 0 radical (unpaired) electrons. The van der Waals surface area contributed by atoms with Crippen molar-refractivity contribution in [2.45, 2.75) is 22.7 Å². The maximum absolute atomic E-state index is 10.9. The van der Waals surface area contributed by atoms with Gasteiger partial charge in [-0.1, -0.05) is 78.9 Å². The highest BCUT2D eigenvalue weighted by atomic mass is 32.2. The van der Waals surface area contributed by atoms with Gasteiger partial charge in [-0.05, 0) is 29.7 Å². The summed E-state index contributed by atoms with van der Waals surface area (Å²) in [6.45, 7) is 0. The molecule has 116 valence electrons. The lowest BCUT2D eigenvalue weighted by molar-refractivity contribution is 0.174. The molecule has 0 aliphatic heterocycles. The lowest BCUT2D eigenvalue weighted by Gasteiger charge is -2.23. The molecule has 23 heavy (non-hydrogen) atoms. The highest BCUT2D eigenvalue weighted by Crippen LogP contribution is 2.34. The Labute approximate surface area is 142 Å². The second-order valence-electron chi connectivity index (χ2n) is 5.51. The van der Waals surface area contributed by atoms with E-state index >= 15 is 0 Å². The average Bonchev–Trinajstić information content (AvgIpc) is 2.63. The second-order valence-corrected chi connectivity index (χ2v) is 6.83. The SMILES string of the molecule is O[C@H](c1ccccc1)[C@@H](Cc1ccccc1)Sc1ccccc1. The van der Waals surface area contributed by atoms with E-state index in [-0.39, 0.29) is 5.25 Å². The minimum Gasteiger partial charge on any atom is -0.387 e. The number of aliphatic hydroxyl groups is 1. The predicted octanol–water partition coefficient (Wildman–Crippen LogP) is 5.12. The Morgan fingerprint density at radius 1 is 0.696 bits per heavy atom. The normalized spacial score (nSPS) is 13.4. The van der Waals surface area contributed by atoms with Crippen molar-refractivity contribution < 1.29 is 5.11 Å². The molecule has 2 heteroatoms. The molecule has 0 heterocycles. The van der Waals surface area contributed by atoms with Gasteiger partial charge in [-0.3, -0.25) is 0 Å². The van der Waals surface area contributed by atoms with E-state index in [2.05, 4.69) is 36.4 Å². The number of rotatable bonds is 6. The fraction of sp³-hybridized carbons (Fsp3) is 0.143. The van der Waals surface area contributed by atoms with Gasteiger partial charge in [-0.15, -0.1) is 11.8 Å². The van der Waals surface area contributed by atoms with Gasteiger partial charge >= 0.3 is 0 Å². The summed E-state index contributed by atoms with van der Waals surface area (Å²) in [5.41, 5.74) is 2.22. The molecule has 1 nitrogen and oxygen atoms in total. The molecular weight excluding hydrogens is 300 g/mol. The minimum absolute atomic E-state index is 0.0715. The van der Waals surface area contributed by atoms with E-state index in [1.165, 1.54) is 10.5 Å². The molecule has 3 aromatic rings. The third-order valence-corrected chi connectivity index (χ3v) is 5.08. The van der Waals surface area contributed by atoms with Crippen molar-refractivity contribution in [2.75, 3.05) is 0 Å². The fourth-order valence-corrected chi connectivity index (χ4v) is 3.83. The van der Waals surface area contributed by atoms with Crippen LogP contribution in [0.5, 0.6) is 0 Å². The topological polar surface area (TPSA) is 20.2 Å². The smallest absolute Gasteiger partial charge is 0.0915 e. The van der Waals surface area contributed by atoms with Crippen molar-refractivity contribution in [1.29, 1.82) is 0 Å². The largest absolute Gasteiger partial charge is 0.387 e. The third kappa shape index (κ3) is 4.47. The fourth-order valence-electron chi connectivity index (χ4n) is 2.60. The van der Waals surface area contributed by atoms with Gasteiger partial charge in [0.1, 0.15) is 0 Å². The molecule has 0 spiro atoms. The molecule has 3 rings (SSSR count). The first-order valence-electron chi connectivity index (χ1n) is 7.81. The Morgan fingerprint density at radius 2 is 1.22 bits per heavy atom. The van der Waals surface area contributed by atoms with Crippen LogP contribution >= 0.6 is 11.8 Å². The van der Waals surface area contributed by atoms with E-state index < -0.39 is 6.10 Å². The van der Waals surface area contributed by atoms with Gasteiger partial charge in [-0.25, -0.2) is 0 Å². The van der Waals surface area contributed by atoms with E-state index in [1.54, 1.807) is 11.8 Å². The Kier molecular flexibility index (Phi) is 5.51. The molecule has 0 bridgehead atoms. The zero-order valence-corrected chi connectivity index (χ0v) is 13.7. The van der Waals surface area contributed by atoms with Crippen LogP contribution in [-0.2, 0) is 6.42 Å². The molecule has 0 amide bonds. The zero-order chi connectivity index (χ0) is 15.9. The molecule has 2 atom stereocenters. The van der Waals surface area contributed by atoms with Crippen molar-refractivity contribution >= 4 is 11.8 Å². The number of benzene rings is 3. The summed E-state index contributed by atoms with van der Waals surface area (Å²) in [5, 5.41) is 11.0. The van der Waals surface area contributed by atoms with Crippen LogP contribution in [0.25, 0.3) is 0 Å². The molecule has 0 fully saturated rings. The number of hydrogen-bond donors (Lipinski definition) is 1. The van der Waals surface area contributed by atoms with E-state index in [9.17, 15) is 5.11 Å². The summed E-state index contributed by atoms with van der Waals surface area (Å²) >= 11 is 1.74. The molecule has 1 N–H and O–H groups in total. The van der Waals surface area contributed by atoms with Crippen LogP contribution in [0.15, 0.2) is 95.9 Å². The van der Waals surface area contributed by atoms with Crippen molar-refractivity contribution in [3.05, 3.63) is 102 Å². The first-order chi connectivity index (χ1) is 11.3. The van der Waals surface area contributed by atoms with Crippen molar-refractivity contribution in [3.63, 3.8) is 0 Å². The molecule has 0 saturated heterocycles. The molecule has 0 aliphatic rings. The van der Waals surface area contributed by atoms with E-state index in [0.29, 0.717) is 0 Å². The molecule has 0 unspecified atom stereocenters. The van der Waals surface area contributed by atoms with Gasteiger partial charge in [-0.2, -0.15) is 0 Å². The first-order valence-corrected chi connectivity index (χ1v) is 8.69. The van der Waals surface area contributed by atoms with Crippen LogP contribution in [0.1, 0.15) is 17.2 Å². The summed E-state index contributed by atoms with van der Waals surface area (Å²) in [4.78, 5) is 1.18. The van der Waals surface area contributed by atoms with Crippen molar-refractivity contribution in [3.8, 4) is 0 Å². The van der Waals surface area contributed by atoms with Crippen LogP contribution in [0, 0.1) is 0 Å². The van der Waals surface area contributed by atoms with E-state index in [0.717, 1.165) is 12.0 Å². The van der Waals surface area contributed by atoms with E-state index in [1.807, 2.05) is 54.6 Å². The Hall–Kier alpha value is -2.03. The molecule has 0 aliphatic carbocycles. The van der Waals surface area contributed by atoms with Gasteiger partial charge in [0, 0.05) is 10.1 Å². The summed E-state index contributed by atoms with van der Waals surface area (Å²) in [7, 11) is 0. The maximum Gasteiger partial charge on any atom is 0.0915 e. The van der Waals surface area contributed by atoms with Crippen LogP contribution in [-0.4, -0.2) is 10.4 Å². The molecule has 0 aromatic heterocycles. The van der Waals surface area contributed by atoms with Gasteiger partial charge < -0.3 is 5.11 Å². The molecular formula is C21H20OS. The van der Waals surface area contributed by atoms with Crippen molar-refractivity contribution in [2.24, 2.45) is 0 Å². The third-order valence-electron chi connectivity index (χ3n) is 3.80. The number of hydrogen-bond acceptors (Lipinski definition) is 2. The van der Waals surface area contributed by atoms with Gasteiger partial charge in [0.05, 0.1) is 6.10 Å². The number of aliphatic hydroxyl groups excluding tert-OH is 1. The molecule has 3 aromatic carbocycles. The summed E-state index contributed by atoms with van der Waals surface area (Å²) < 4.78 is 0. The highest BCUT2D eigenvalue weighted by Gasteiger charge is 2.22. The summed E-state index contributed by atoms with van der Waals surface area (Å²) in [6, 6.07) is 30.6. The van der Waals surface area contributed by atoms with Crippen LogP contribution < -0.4 is 0 Å². The lowest BCUT2D eigenvalue weighted by Crippen LogP contribution is -2.18. The quantitative estimate of drug-likeness (QED) is 0.636. The average molecular weight is 320 g/mol. The minimum atomic E-state index is -0.499. The van der Waals surface area contributed by atoms with Gasteiger partial charge in [0.2, 0.25) is 0 Å². The van der Waals surface area contributed by atoms with Crippen LogP contribution in [0.4, 0.5) is 0 Å². The zero-order valence-electron chi connectivity index (χ0n) is 12.9. The highest BCUT2D eigenvalue weighted by molar-refractivity contribution is 8.00. The second kappa shape index (κ2) is 8.00. The molecule has 0 saturated carbocycles. The van der Waals surface area contributed by atoms with E-state index in [4.69, 9.17) is 0 Å². The Bertz CT molecular complexity index is 656. The Balaban J connectivity index is 1.83. The standard InChI is InChI=1S/C21H20OS/c22-21(18-12-6-2-7-13-18)20(16-17-10-4-1-5-11-17)23-19-14-8-3-9-15-19/h1-15,20-22H,16H2/t20-,21-/m1/s1.